The van der Waals surface area contributed by atoms with Crippen LogP contribution >= 0.6 is 0 Å². The summed E-state index contributed by atoms with van der Waals surface area (Å²) in [6, 6.07) is 61.8. The molecule has 0 atom stereocenters. The first-order valence-corrected chi connectivity index (χ1v) is 19.2. The van der Waals surface area contributed by atoms with Crippen molar-refractivity contribution in [1.29, 1.82) is 0 Å². The van der Waals surface area contributed by atoms with Crippen LogP contribution in [0.4, 0.5) is 0 Å². The molecule has 264 valence electrons. The second kappa shape index (κ2) is 13.2. The van der Waals surface area contributed by atoms with E-state index in [2.05, 4.69) is 173 Å². The van der Waals surface area contributed by atoms with Crippen LogP contribution in [0.2, 0.25) is 0 Å². The monoisotopic (exact) mass is 717 g/mol. The molecule has 11 rings (SSSR count). The van der Waals surface area contributed by atoms with Gasteiger partial charge < -0.3 is 9.13 Å². The van der Waals surface area contributed by atoms with Gasteiger partial charge in [-0.25, -0.2) is 15.0 Å². The highest BCUT2D eigenvalue weighted by molar-refractivity contribution is 6.19. The van der Waals surface area contributed by atoms with E-state index in [1.54, 1.807) is 0 Å². The Kier molecular flexibility index (Phi) is 7.56. The molecule has 0 spiro atoms. The molecule has 0 saturated carbocycles. The number of allylic oxidation sites excluding steroid dienone is 1. The van der Waals surface area contributed by atoms with Crippen molar-refractivity contribution >= 4 is 38.8 Å². The Morgan fingerprint density at radius 3 is 1.77 bits per heavy atom. The van der Waals surface area contributed by atoms with Crippen LogP contribution in [0.5, 0.6) is 0 Å². The molecule has 0 N–H and O–H groups in total. The highest BCUT2D eigenvalue weighted by Gasteiger charge is 2.26. The molecule has 0 amide bonds. The summed E-state index contributed by atoms with van der Waals surface area (Å²) in [5, 5.41) is 3.72. The SMILES string of the molecule is C1=Cc2c(c3ccc4c5ccccc5n(-c5ccccc5)c4c3n2-c2ccccc2-c2nc(-c3ccccc3)nc(-c3ccccc3-c3ccccc3)n2)CC1. The minimum Gasteiger partial charge on any atom is -0.307 e. The molecule has 3 heterocycles. The van der Waals surface area contributed by atoms with E-state index in [1.807, 2.05) is 24.3 Å². The largest absolute Gasteiger partial charge is 0.307 e. The average molecular weight is 718 g/mol. The number of fused-ring (bicyclic) bond motifs is 7. The fourth-order valence-electron chi connectivity index (χ4n) is 8.60. The molecule has 0 radical (unpaired) electrons. The molecule has 5 heteroatoms. The summed E-state index contributed by atoms with van der Waals surface area (Å²) in [4.78, 5) is 15.8. The summed E-state index contributed by atoms with van der Waals surface area (Å²) in [6.07, 6.45) is 6.59. The fourth-order valence-corrected chi connectivity index (χ4v) is 8.60. The molecule has 0 saturated heterocycles. The van der Waals surface area contributed by atoms with Gasteiger partial charge in [-0.05, 0) is 65.9 Å². The number of aromatic nitrogens is 5. The van der Waals surface area contributed by atoms with Gasteiger partial charge in [0.15, 0.2) is 17.5 Å². The number of hydrogen-bond acceptors (Lipinski definition) is 3. The third-order valence-corrected chi connectivity index (χ3v) is 11.1. The number of benzene rings is 7. The van der Waals surface area contributed by atoms with Gasteiger partial charge in [-0.2, -0.15) is 0 Å². The molecule has 1 aliphatic carbocycles. The minimum absolute atomic E-state index is 0.624. The highest BCUT2D eigenvalue weighted by atomic mass is 15.1. The van der Waals surface area contributed by atoms with E-state index in [9.17, 15) is 0 Å². The fraction of sp³-hybridized carbons (Fsp3) is 0.0392. The van der Waals surface area contributed by atoms with E-state index < -0.39 is 0 Å². The minimum atomic E-state index is 0.624. The molecule has 56 heavy (non-hydrogen) atoms. The molecular weight excluding hydrogens is 683 g/mol. The summed E-state index contributed by atoms with van der Waals surface area (Å²) < 4.78 is 4.91. The molecule has 0 aliphatic heterocycles. The Bertz CT molecular complexity index is 3120. The van der Waals surface area contributed by atoms with E-state index in [4.69, 9.17) is 15.0 Å². The third kappa shape index (κ3) is 5.13. The zero-order valence-electron chi connectivity index (χ0n) is 30.5. The summed E-state index contributed by atoms with van der Waals surface area (Å²) in [7, 11) is 0. The van der Waals surface area contributed by atoms with E-state index in [1.165, 1.54) is 44.0 Å². The number of nitrogens with zero attached hydrogens (tertiary/aromatic N) is 5. The van der Waals surface area contributed by atoms with E-state index in [-0.39, 0.29) is 0 Å². The van der Waals surface area contributed by atoms with E-state index in [0.29, 0.717) is 17.5 Å². The van der Waals surface area contributed by atoms with Gasteiger partial charge in [0.1, 0.15) is 0 Å². The van der Waals surface area contributed by atoms with Crippen LogP contribution in [-0.4, -0.2) is 24.1 Å². The molecular formula is C51H35N5. The molecule has 0 unspecified atom stereocenters. The summed E-state index contributed by atoms with van der Waals surface area (Å²) >= 11 is 0. The smallest absolute Gasteiger partial charge is 0.166 e. The first-order valence-electron chi connectivity index (χ1n) is 19.2. The Balaban J connectivity index is 1.23. The van der Waals surface area contributed by atoms with Gasteiger partial charge in [0.05, 0.1) is 22.2 Å². The number of para-hydroxylation sites is 3. The first-order chi connectivity index (χ1) is 27.8. The van der Waals surface area contributed by atoms with Gasteiger partial charge in [-0.1, -0.05) is 152 Å². The quantitative estimate of drug-likeness (QED) is 0.172. The van der Waals surface area contributed by atoms with Crippen molar-refractivity contribution in [3.63, 3.8) is 0 Å². The summed E-state index contributed by atoms with van der Waals surface area (Å²) in [6.45, 7) is 0. The van der Waals surface area contributed by atoms with Crippen LogP contribution in [0.1, 0.15) is 17.7 Å². The lowest BCUT2D eigenvalue weighted by atomic mass is 9.99. The van der Waals surface area contributed by atoms with Crippen molar-refractivity contribution in [3.8, 4) is 56.7 Å². The Morgan fingerprint density at radius 2 is 0.982 bits per heavy atom. The second-order valence-electron chi connectivity index (χ2n) is 14.3. The maximum Gasteiger partial charge on any atom is 0.166 e. The first kappa shape index (κ1) is 32.1. The van der Waals surface area contributed by atoms with Crippen LogP contribution in [0.15, 0.2) is 182 Å². The van der Waals surface area contributed by atoms with Crippen molar-refractivity contribution in [2.45, 2.75) is 12.8 Å². The van der Waals surface area contributed by atoms with Crippen molar-refractivity contribution in [2.75, 3.05) is 0 Å². The van der Waals surface area contributed by atoms with Gasteiger partial charge in [-0.3, -0.25) is 0 Å². The molecule has 0 fully saturated rings. The predicted molar refractivity (Wildman–Crippen MR) is 230 cm³/mol. The lowest BCUT2D eigenvalue weighted by Gasteiger charge is -2.18. The Labute approximate surface area is 324 Å². The van der Waals surface area contributed by atoms with Crippen LogP contribution in [0.25, 0.3) is 95.5 Å². The Hall–Kier alpha value is -7.37. The van der Waals surface area contributed by atoms with Crippen LogP contribution in [0.3, 0.4) is 0 Å². The molecule has 10 aromatic rings. The third-order valence-electron chi connectivity index (χ3n) is 11.1. The van der Waals surface area contributed by atoms with Gasteiger partial charge in [0, 0.05) is 44.2 Å². The summed E-state index contributed by atoms with van der Waals surface area (Å²) in [5.74, 6) is 1.89. The van der Waals surface area contributed by atoms with Gasteiger partial charge in [0.2, 0.25) is 0 Å². The van der Waals surface area contributed by atoms with Crippen molar-refractivity contribution < 1.29 is 0 Å². The van der Waals surface area contributed by atoms with Crippen LogP contribution < -0.4 is 0 Å². The number of rotatable bonds is 6. The van der Waals surface area contributed by atoms with Gasteiger partial charge >= 0.3 is 0 Å². The lowest BCUT2D eigenvalue weighted by Crippen LogP contribution is -2.06. The molecule has 1 aliphatic rings. The lowest BCUT2D eigenvalue weighted by molar-refractivity contribution is 0.966. The molecule has 5 nitrogen and oxygen atoms in total. The van der Waals surface area contributed by atoms with Crippen LogP contribution in [-0.2, 0) is 6.42 Å². The maximum absolute atomic E-state index is 5.35. The normalized spacial score (nSPS) is 12.4. The number of hydrogen-bond donors (Lipinski definition) is 0. The number of aryl methyl sites for hydroxylation is 1. The standard InChI is InChI=1S/C51H35N5/c1-4-18-34(19-5-1)37-24-10-11-27-42(37)50-52-49(35-20-6-2-7-21-35)53-51(54-50)43-28-14-17-31-46(43)56-45-30-16-13-26-39(45)41-33-32-40-38-25-12-15-29-44(38)55(47(40)48(41)56)36-22-8-3-9-23-36/h1-12,14-25,27-33H,13,26H2. The van der Waals surface area contributed by atoms with Crippen molar-refractivity contribution in [1.82, 2.24) is 24.1 Å². The molecule has 0 bridgehead atoms. The average Bonchev–Trinajstić information content (AvgIpc) is 3.80. The van der Waals surface area contributed by atoms with Crippen molar-refractivity contribution in [2.24, 2.45) is 0 Å². The van der Waals surface area contributed by atoms with Crippen LogP contribution in [0, 0.1) is 0 Å². The van der Waals surface area contributed by atoms with E-state index >= 15 is 0 Å². The maximum atomic E-state index is 5.35. The van der Waals surface area contributed by atoms with Gasteiger partial charge in [0.25, 0.3) is 0 Å². The van der Waals surface area contributed by atoms with Crippen molar-refractivity contribution in [3.05, 3.63) is 193 Å². The zero-order valence-corrected chi connectivity index (χ0v) is 30.5. The second-order valence-corrected chi connectivity index (χ2v) is 14.3. The summed E-state index contributed by atoms with van der Waals surface area (Å²) in [5.41, 5.74) is 13.3. The van der Waals surface area contributed by atoms with E-state index in [0.717, 1.165) is 52.0 Å². The Morgan fingerprint density at radius 1 is 0.411 bits per heavy atom. The molecule has 7 aromatic carbocycles. The predicted octanol–water partition coefficient (Wildman–Crippen LogP) is 12.5. The zero-order chi connectivity index (χ0) is 37.0. The topological polar surface area (TPSA) is 48.5 Å². The van der Waals surface area contributed by atoms with Gasteiger partial charge in [-0.15, -0.1) is 0 Å². The molecule has 3 aromatic heterocycles. The highest BCUT2D eigenvalue weighted by Crippen LogP contribution is 2.44.